The summed E-state index contributed by atoms with van der Waals surface area (Å²) >= 11 is 12.8. The highest BCUT2D eigenvalue weighted by Crippen LogP contribution is 2.36. The minimum absolute atomic E-state index is 0.0544. The van der Waals surface area contributed by atoms with Crippen molar-refractivity contribution in [2.75, 3.05) is 14.2 Å². The number of aromatic nitrogens is 2. The maximum Gasteiger partial charge on any atom is 0.360 e. The van der Waals surface area contributed by atoms with E-state index in [1.165, 1.54) is 32.9 Å². The van der Waals surface area contributed by atoms with Crippen LogP contribution in [0.4, 0.5) is 0 Å². The number of benzene rings is 3. The van der Waals surface area contributed by atoms with Crippen LogP contribution in [-0.4, -0.2) is 41.7 Å². The summed E-state index contributed by atoms with van der Waals surface area (Å²) in [6.07, 6.45) is 3.61. The summed E-state index contributed by atoms with van der Waals surface area (Å²) in [4.78, 5) is 34.6. The number of nitrogens with zero attached hydrogens (tertiary/aromatic N) is 2. The Morgan fingerprint density at radius 3 is 2.24 bits per heavy atom. The van der Waals surface area contributed by atoms with Crippen molar-refractivity contribution in [2.24, 2.45) is 0 Å². The van der Waals surface area contributed by atoms with Crippen LogP contribution >= 0.6 is 23.2 Å². The zero-order valence-corrected chi connectivity index (χ0v) is 30.4. The fraction of sp³-hybridized carbons (Fsp3) is 0.282. The van der Waals surface area contributed by atoms with E-state index in [9.17, 15) is 9.59 Å². The van der Waals surface area contributed by atoms with Gasteiger partial charge in [0.2, 0.25) is 5.89 Å². The summed E-state index contributed by atoms with van der Waals surface area (Å²) in [5.41, 5.74) is 2.35. The Bertz CT molecular complexity index is 1940. The van der Waals surface area contributed by atoms with Crippen LogP contribution in [0.25, 0.3) is 0 Å². The molecule has 5 aromatic rings. The molecule has 0 spiro atoms. The van der Waals surface area contributed by atoms with Gasteiger partial charge in [0.25, 0.3) is 0 Å². The number of pyridine rings is 1. The molecule has 0 unspecified atom stereocenters. The molecule has 0 amide bonds. The van der Waals surface area contributed by atoms with Gasteiger partial charge in [-0.2, -0.15) is 0 Å². The quantitative estimate of drug-likeness (QED) is 0.102. The maximum absolute atomic E-state index is 13.4. The van der Waals surface area contributed by atoms with Crippen LogP contribution in [0.5, 0.6) is 17.2 Å². The number of methoxy groups -OCH3 is 2. The van der Waals surface area contributed by atoms with Crippen LogP contribution in [0.1, 0.15) is 77.8 Å². The third-order valence-corrected chi connectivity index (χ3v) is 8.40. The number of hydrogen-bond acceptors (Lipinski definition) is 10. The summed E-state index contributed by atoms with van der Waals surface area (Å²) in [6.45, 7) is 5.46. The van der Waals surface area contributed by atoms with Crippen LogP contribution in [0, 0.1) is 0 Å². The number of halogens is 2. The highest BCUT2D eigenvalue weighted by molar-refractivity contribution is 6.35. The minimum atomic E-state index is -0.841. The van der Waals surface area contributed by atoms with E-state index < -0.39 is 17.7 Å². The van der Waals surface area contributed by atoms with Gasteiger partial charge in [0.1, 0.15) is 23.7 Å². The molecule has 266 valence electrons. The largest absolute Gasteiger partial charge is 0.493 e. The topological polar surface area (TPSA) is 119 Å². The van der Waals surface area contributed by atoms with Gasteiger partial charge in [-0.05, 0) is 67.3 Å². The summed E-state index contributed by atoms with van der Waals surface area (Å²) < 4.78 is 34.0. The predicted octanol–water partition coefficient (Wildman–Crippen LogP) is 8.98. The van der Waals surface area contributed by atoms with Crippen molar-refractivity contribution in [1.82, 2.24) is 9.97 Å². The second-order valence-corrected chi connectivity index (χ2v) is 13.4. The average molecular weight is 734 g/mol. The van der Waals surface area contributed by atoms with E-state index in [4.69, 9.17) is 51.3 Å². The van der Waals surface area contributed by atoms with Crippen LogP contribution < -0.4 is 14.2 Å². The normalized spacial score (nSPS) is 12.5. The zero-order chi connectivity index (χ0) is 36.5. The number of ether oxygens (including phenoxy) is 5. The third-order valence-electron chi connectivity index (χ3n) is 7.75. The van der Waals surface area contributed by atoms with E-state index >= 15 is 0 Å². The van der Waals surface area contributed by atoms with Crippen molar-refractivity contribution in [3.05, 3.63) is 135 Å². The monoisotopic (exact) mass is 732 g/mol. The SMILES string of the molecule is COc1ccc([C@H](Cc2c(Cl)cncc2Cl)OC(=O)c2coc(COc3cccc([C@@H](CC(=O)OC(C)(C)C)c4ccccc4)c3)n2)cc1OC. The molecule has 51 heavy (non-hydrogen) atoms. The number of rotatable bonds is 14. The molecule has 2 atom stereocenters. The number of esters is 2. The summed E-state index contributed by atoms with van der Waals surface area (Å²) in [6, 6.07) is 22.4. The number of carbonyl (C=O) groups is 2. The third kappa shape index (κ3) is 10.0. The summed E-state index contributed by atoms with van der Waals surface area (Å²) in [5.74, 6) is 0.346. The number of oxazole rings is 1. The Labute approximate surface area is 306 Å². The van der Waals surface area contributed by atoms with Gasteiger partial charge >= 0.3 is 11.9 Å². The van der Waals surface area contributed by atoms with Gasteiger partial charge in [-0.3, -0.25) is 9.78 Å². The van der Waals surface area contributed by atoms with E-state index in [1.807, 2.05) is 69.3 Å². The molecule has 0 radical (unpaired) electrons. The molecule has 12 heteroatoms. The first-order valence-electron chi connectivity index (χ1n) is 16.1. The first-order chi connectivity index (χ1) is 24.4. The molecule has 2 heterocycles. The van der Waals surface area contributed by atoms with Crippen LogP contribution in [-0.2, 0) is 27.3 Å². The Morgan fingerprint density at radius 1 is 0.843 bits per heavy atom. The van der Waals surface area contributed by atoms with E-state index in [0.717, 1.165) is 11.1 Å². The second kappa shape index (κ2) is 16.8. The van der Waals surface area contributed by atoms with Gasteiger partial charge in [-0.25, -0.2) is 9.78 Å². The Balaban J connectivity index is 1.31. The lowest BCUT2D eigenvalue weighted by Gasteiger charge is -2.23. The molecule has 0 fully saturated rings. The Kier molecular flexibility index (Phi) is 12.2. The molecule has 2 aromatic heterocycles. The predicted molar refractivity (Wildman–Crippen MR) is 192 cm³/mol. The first kappa shape index (κ1) is 37.2. The van der Waals surface area contributed by atoms with Crippen LogP contribution in [0.2, 0.25) is 10.0 Å². The van der Waals surface area contributed by atoms with Crippen molar-refractivity contribution in [1.29, 1.82) is 0 Å². The molecule has 10 nitrogen and oxygen atoms in total. The Morgan fingerprint density at radius 2 is 1.55 bits per heavy atom. The number of carbonyl (C=O) groups excluding carboxylic acids is 2. The van der Waals surface area contributed by atoms with Crippen LogP contribution in [0.3, 0.4) is 0 Å². The molecule has 3 aromatic carbocycles. The van der Waals surface area contributed by atoms with E-state index in [2.05, 4.69) is 9.97 Å². The Hall–Kier alpha value is -5.06. The molecular weight excluding hydrogens is 695 g/mol. The molecule has 0 bridgehead atoms. The lowest BCUT2D eigenvalue weighted by molar-refractivity contribution is -0.155. The lowest BCUT2D eigenvalue weighted by atomic mass is 9.88. The van der Waals surface area contributed by atoms with E-state index in [0.29, 0.717) is 38.4 Å². The number of hydrogen-bond donors (Lipinski definition) is 0. The van der Waals surface area contributed by atoms with Crippen LogP contribution in [0.15, 0.2) is 95.9 Å². The smallest absolute Gasteiger partial charge is 0.360 e. The zero-order valence-electron chi connectivity index (χ0n) is 28.9. The van der Waals surface area contributed by atoms with Gasteiger partial charge in [-0.1, -0.05) is 71.7 Å². The van der Waals surface area contributed by atoms with Crippen molar-refractivity contribution >= 4 is 35.1 Å². The van der Waals surface area contributed by atoms with Crippen molar-refractivity contribution in [3.8, 4) is 17.2 Å². The molecular formula is C39H38Cl2N2O8. The summed E-state index contributed by atoms with van der Waals surface area (Å²) in [5, 5.41) is 0.655. The molecule has 0 N–H and O–H groups in total. The van der Waals surface area contributed by atoms with Gasteiger partial charge in [0.05, 0.1) is 30.7 Å². The fourth-order valence-corrected chi connectivity index (χ4v) is 5.91. The van der Waals surface area contributed by atoms with Gasteiger partial charge in [0, 0.05) is 24.7 Å². The van der Waals surface area contributed by atoms with Crippen molar-refractivity contribution in [2.45, 2.75) is 57.8 Å². The molecule has 0 saturated carbocycles. The molecule has 5 rings (SSSR count). The van der Waals surface area contributed by atoms with Gasteiger partial charge < -0.3 is 28.1 Å². The van der Waals surface area contributed by atoms with Crippen molar-refractivity contribution < 1.29 is 37.7 Å². The standard InChI is InChI=1S/C39H38Cl2N2O8/c1-39(2,3)51-37(44)19-28(24-10-7-6-8-11-24)25-12-9-13-27(16-25)48-23-36-43-32(22-49-36)38(45)50-34(18-29-30(40)20-42-21-31(29)41)26-14-15-33(46-4)35(17-26)47-5/h6-17,20-22,28,34H,18-19,23H2,1-5H3/t28-,34-/m0/s1. The van der Waals surface area contributed by atoms with E-state index in [-0.39, 0.29) is 42.9 Å². The van der Waals surface area contributed by atoms with Gasteiger partial charge in [-0.15, -0.1) is 0 Å². The van der Waals surface area contributed by atoms with Gasteiger partial charge in [0.15, 0.2) is 23.8 Å². The molecule has 0 saturated heterocycles. The highest BCUT2D eigenvalue weighted by Gasteiger charge is 2.26. The molecule has 0 aliphatic heterocycles. The minimum Gasteiger partial charge on any atom is -0.493 e. The molecule has 0 aliphatic carbocycles. The molecule has 0 aliphatic rings. The maximum atomic E-state index is 13.4. The lowest BCUT2D eigenvalue weighted by Crippen LogP contribution is -2.25. The van der Waals surface area contributed by atoms with E-state index in [1.54, 1.807) is 24.3 Å². The first-order valence-corrected chi connectivity index (χ1v) is 16.8. The second-order valence-electron chi connectivity index (χ2n) is 12.5. The highest BCUT2D eigenvalue weighted by atomic mass is 35.5. The fourth-order valence-electron chi connectivity index (χ4n) is 5.39. The van der Waals surface area contributed by atoms with Crippen molar-refractivity contribution in [3.63, 3.8) is 0 Å². The average Bonchev–Trinajstić information content (AvgIpc) is 3.59. The summed E-state index contributed by atoms with van der Waals surface area (Å²) in [7, 11) is 3.04.